The number of carbonyl (C=O) groups excluding carboxylic acids is 1. The minimum Gasteiger partial charge on any atom is -0.469 e. The van der Waals surface area contributed by atoms with Crippen LogP contribution in [0.25, 0.3) is 16.3 Å². The molecule has 2 bridgehead atoms. The van der Waals surface area contributed by atoms with Gasteiger partial charge in [0.05, 0.1) is 13.5 Å². The average molecular weight is 321 g/mol. The zero-order chi connectivity index (χ0) is 16.7. The maximum atomic E-state index is 12.0. The fraction of sp³-hybridized carbons (Fsp3) is 0.381. The van der Waals surface area contributed by atoms with Crippen LogP contribution in [0.3, 0.4) is 0 Å². The molecule has 0 aliphatic carbocycles. The van der Waals surface area contributed by atoms with Crippen LogP contribution in [0.15, 0.2) is 48.0 Å². The average Bonchev–Trinajstić information content (AvgIpc) is 2.86. The van der Waals surface area contributed by atoms with Crippen molar-refractivity contribution in [1.82, 2.24) is 4.90 Å². The normalized spacial score (nSPS) is 23.8. The number of nitrogens with zero attached hydrogens (tertiary/aromatic N) is 1. The Bertz CT molecular complexity index is 823. The molecule has 2 aromatic rings. The van der Waals surface area contributed by atoms with E-state index < -0.39 is 0 Å². The zero-order valence-electron chi connectivity index (χ0n) is 14.3. The molecule has 2 heterocycles. The van der Waals surface area contributed by atoms with Crippen LogP contribution in [-0.4, -0.2) is 37.1 Å². The van der Waals surface area contributed by atoms with E-state index in [1.165, 1.54) is 41.0 Å². The fourth-order valence-corrected chi connectivity index (χ4v) is 4.38. The first-order valence-corrected chi connectivity index (χ1v) is 8.67. The van der Waals surface area contributed by atoms with Gasteiger partial charge in [-0.15, -0.1) is 0 Å². The van der Waals surface area contributed by atoms with Crippen LogP contribution in [0.4, 0.5) is 0 Å². The Hall–Kier alpha value is -2.13. The molecule has 2 unspecified atom stereocenters. The van der Waals surface area contributed by atoms with E-state index >= 15 is 0 Å². The monoisotopic (exact) mass is 321 g/mol. The summed E-state index contributed by atoms with van der Waals surface area (Å²) in [5, 5.41) is 2.51. The van der Waals surface area contributed by atoms with Gasteiger partial charge >= 0.3 is 5.97 Å². The number of fused-ring (bicyclic) bond motifs is 3. The number of esters is 1. The van der Waals surface area contributed by atoms with E-state index in [0.29, 0.717) is 18.5 Å². The van der Waals surface area contributed by atoms with E-state index in [0.717, 1.165) is 12.8 Å². The molecule has 3 heteroatoms. The summed E-state index contributed by atoms with van der Waals surface area (Å²) in [6.45, 7) is 0. The third-order valence-corrected chi connectivity index (χ3v) is 5.73. The van der Waals surface area contributed by atoms with Crippen molar-refractivity contribution in [2.75, 3.05) is 14.2 Å². The van der Waals surface area contributed by atoms with Crippen LogP contribution in [0.5, 0.6) is 0 Å². The van der Waals surface area contributed by atoms with Gasteiger partial charge in [0.2, 0.25) is 0 Å². The summed E-state index contributed by atoms with van der Waals surface area (Å²) < 4.78 is 4.96. The topological polar surface area (TPSA) is 29.5 Å². The molecule has 4 rings (SSSR count). The minimum atomic E-state index is -0.137. The van der Waals surface area contributed by atoms with Gasteiger partial charge in [-0.1, -0.05) is 36.4 Å². The second kappa shape index (κ2) is 6.06. The van der Waals surface area contributed by atoms with Gasteiger partial charge in [0.25, 0.3) is 0 Å². The molecule has 0 amide bonds. The first kappa shape index (κ1) is 15.4. The van der Waals surface area contributed by atoms with Crippen molar-refractivity contribution in [1.29, 1.82) is 0 Å². The van der Waals surface area contributed by atoms with Crippen molar-refractivity contribution in [2.24, 2.45) is 0 Å². The number of ether oxygens (including phenoxy) is 1. The number of hydrogen-bond donors (Lipinski definition) is 0. The molecule has 24 heavy (non-hydrogen) atoms. The molecule has 0 spiro atoms. The van der Waals surface area contributed by atoms with Crippen LogP contribution in [0.2, 0.25) is 0 Å². The molecule has 2 aliphatic heterocycles. The third-order valence-electron chi connectivity index (χ3n) is 5.73. The largest absolute Gasteiger partial charge is 0.469 e. The lowest BCUT2D eigenvalue weighted by molar-refractivity contribution is -0.139. The molecule has 124 valence electrons. The summed E-state index contributed by atoms with van der Waals surface area (Å²) in [5.41, 5.74) is 3.88. The molecule has 0 N–H and O–H groups in total. The minimum absolute atomic E-state index is 0.137. The third kappa shape index (κ3) is 2.53. The molecule has 0 saturated carbocycles. The summed E-state index contributed by atoms with van der Waals surface area (Å²) in [6.07, 6.45) is 3.78. The number of rotatable bonds is 3. The predicted octanol–water partition coefficient (Wildman–Crippen LogP) is 4.02. The molecule has 0 radical (unpaired) electrons. The van der Waals surface area contributed by atoms with Crippen molar-refractivity contribution in [3.8, 4) is 0 Å². The van der Waals surface area contributed by atoms with Crippen molar-refractivity contribution >= 4 is 22.3 Å². The highest BCUT2D eigenvalue weighted by Crippen LogP contribution is 2.43. The Balaban J connectivity index is 1.82. The maximum absolute atomic E-state index is 12.0. The first-order chi connectivity index (χ1) is 11.7. The van der Waals surface area contributed by atoms with E-state index in [-0.39, 0.29) is 5.97 Å². The van der Waals surface area contributed by atoms with Crippen molar-refractivity contribution in [3.63, 3.8) is 0 Å². The number of benzene rings is 2. The molecular weight excluding hydrogens is 298 g/mol. The Morgan fingerprint density at radius 1 is 1.17 bits per heavy atom. The molecule has 2 atom stereocenters. The number of carbonyl (C=O) groups is 1. The Morgan fingerprint density at radius 2 is 1.96 bits per heavy atom. The quantitative estimate of drug-likeness (QED) is 0.800. The summed E-state index contributed by atoms with van der Waals surface area (Å²) in [6, 6.07) is 16.1. The molecule has 2 aromatic carbocycles. The van der Waals surface area contributed by atoms with Crippen LogP contribution in [-0.2, 0) is 9.53 Å². The van der Waals surface area contributed by atoms with Crippen LogP contribution >= 0.6 is 0 Å². The zero-order valence-corrected chi connectivity index (χ0v) is 14.3. The molecule has 1 fully saturated rings. The van der Waals surface area contributed by atoms with Gasteiger partial charge in [0.1, 0.15) is 0 Å². The second-order valence-electron chi connectivity index (χ2n) is 6.94. The number of methoxy groups -OCH3 is 1. The second-order valence-corrected chi connectivity index (χ2v) is 6.94. The molecular formula is C21H23NO2. The van der Waals surface area contributed by atoms with Gasteiger partial charge in [-0.3, -0.25) is 9.69 Å². The van der Waals surface area contributed by atoms with Gasteiger partial charge in [-0.25, -0.2) is 0 Å². The predicted molar refractivity (Wildman–Crippen MR) is 96.7 cm³/mol. The Labute approximate surface area is 142 Å². The van der Waals surface area contributed by atoms with Crippen LogP contribution < -0.4 is 0 Å². The lowest BCUT2D eigenvalue weighted by Gasteiger charge is -2.35. The van der Waals surface area contributed by atoms with Crippen molar-refractivity contribution in [3.05, 3.63) is 53.6 Å². The standard InChI is InChI=1S/C21H23NO2/c1-22-17-9-10-20(22)19(13-21(23)24-2)18(12-17)16-8-7-14-5-3-4-6-15(14)11-16/h3-8,11,17,20H,9-10,12-13H2,1-2H3. The number of likely N-dealkylation sites (N-methyl/N-ethyl adjacent to an activating group) is 1. The fourth-order valence-electron chi connectivity index (χ4n) is 4.38. The van der Waals surface area contributed by atoms with E-state index in [1.54, 1.807) is 0 Å². The number of hydrogen-bond acceptors (Lipinski definition) is 3. The van der Waals surface area contributed by atoms with Crippen molar-refractivity contribution in [2.45, 2.75) is 37.8 Å². The smallest absolute Gasteiger partial charge is 0.309 e. The van der Waals surface area contributed by atoms with Gasteiger partial charge in [-0.2, -0.15) is 0 Å². The molecule has 3 nitrogen and oxygen atoms in total. The summed E-state index contributed by atoms with van der Waals surface area (Å²) in [5.74, 6) is -0.137. The van der Waals surface area contributed by atoms with Gasteiger partial charge in [0, 0.05) is 12.1 Å². The van der Waals surface area contributed by atoms with Gasteiger partial charge < -0.3 is 4.74 Å². The van der Waals surface area contributed by atoms with Crippen LogP contribution in [0, 0.1) is 0 Å². The summed E-state index contributed by atoms with van der Waals surface area (Å²) >= 11 is 0. The van der Waals surface area contributed by atoms with E-state index in [9.17, 15) is 4.79 Å². The van der Waals surface area contributed by atoms with Crippen molar-refractivity contribution < 1.29 is 9.53 Å². The van der Waals surface area contributed by atoms with E-state index in [2.05, 4.69) is 54.4 Å². The highest BCUT2D eigenvalue weighted by atomic mass is 16.5. The van der Waals surface area contributed by atoms with Gasteiger partial charge in [-0.05, 0) is 59.9 Å². The van der Waals surface area contributed by atoms with E-state index in [1.807, 2.05) is 0 Å². The van der Waals surface area contributed by atoms with Crippen LogP contribution in [0.1, 0.15) is 31.2 Å². The molecule has 2 aliphatic rings. The maximum Gasteiger partial charge on any atom is 0.309 e. The van der Waals surface area contributed by atoms with Gasteiger partial charge in [0.15, 0.2) is 0 Å². The highest BCUT2D eigenvalue weighted by Gasteiger charge is 2.39. The Kier molecular flexibility index (Phi) is 3.89. The molecule has 0 aromatic heterocycles. The summed E-state index contributed by atoms with van der Waals surface area (Å²) in [7, 11) is 3.67. The SMILES string of the molecule is COC(=O)CC1=C(c2ccc3ccccc3c2)CC2CCC1N2C. The lowest BCUT2D eigenvalue weighted by atomic mass is 9.86. The summed E-state index contributed by atoms with van der Waals surface area (Å²) in [4.78, 5) is 14.4. The van der Waals surface area contributed by atoms with E-state index in [4.69, 9.17) is 4.74 Å². The lowest BCUT2D eigenvalue weighted by Crippen LogP contribution is -2.38. The first-order valence-electron chi connectivity index (χ1n) is 8.67. The highest BCUT2D eigenvalue weighted by molar-refractivity contribution is 5.88. The Morgan fingerprint density at radius 3 is 2.75 bits per heavy atom. The molecule has 1 saturated heterocycles.